The van der Waals surface area contributed by atoms with Crippen LogP contribution < -0.4 is 10.6 Å². The SMILES string of the molecule is O=C(CNC(=O)c1sc2ccccc2c1Cl)Nc1nncs1. The Labute approximate surface area is 138 Å². The van der Waals surface area contributed by atoms with Gasteiger partial charge in [-0.3, -0.25) is 14.9 Å². The first kappa shape index (κ1) is 14.9. The first-order valence-electron chi connectivity index (χ1n) is 6.16. The largest absolute Gasteiger partial charge is 0.342 e. The Kier molecular flexibility index (Phi) is 4.32. The monoisotopic (exact) mass is 352 g/mol. The Morgan fingerprint density at radius 2 is 2.09 bits per heavy atom. The number of halogens is 1. The molecule has 0 bridgehead atoms. The Morgan fingerprint density at radius 1 is 1.27 bits per heavy atom. The second-order valence-corrected chi connectivity index (χ2v) is 6.48. The number of aromatic nitrogens is 2. The number of carbonyl (C=O) groups is 2. The van der Waals surface area contributed by atoms with Crippen LogP contribution in [0.2, 0.25) is 5.02 Å². The molecule has 6 nitrogen and oxygen atoms in total. The van der Waals surface area contributed by atoms with Crippen LogP contribution in [0.25, 0.3) is 10.1 Å². The van der Waals surface area contributed by atoms with Gasteiger partial charge in [-0.15, -0.1) is 21.5 Å². The molecule has 0 aliphatic heterocycles. The minimum atomic E-state index is -0.376. The van der Waals surface area contributed by atoms with Gasteiger partial charge in [0.25, 0.3) is 5.91 Å². The number of nitrogens with one attached hydrogen (secondary N) is 2. The van der Waals surface area contributed by atoms with E-state index < -0.39 is 0 Å². The van der Waals surface area contributed by atoms with E-state index >= 15 is 0 Å². The van der Waals surface area contributed by atoms with Crippen LogP contribution in [-0.2, 0) is 4.79 Å². The number of hydrogen-bond acceptors (Lipinski definition) is 6. The van der Waals surface area contributed by atoms with Gasteiger partial charge in [0, 0.05) is 10.1 Å². The van der Waals surface area contributed by atoms with Gasteiger partial charge in [-0.25, -0.2) is 0 Å². The zero-order valence-corrected chi connectivity index (χ0v) is 13.4. The van der Waals surface area contributed by atoms with Crippen molar-refractivity contribution in [2.45, 2.75) is 0 Å². The van der Waals surface area contributed by atoms with E-state index in [9.17, 15) is 9.59 Å². The number of hydrogen-bond donors (Lipinski definition) is 2. The predicted octanol–water partition coefficient (Wildman–Crippen LogP) is 2.77. The molecule has 0 atom stereocenters. The number of anilines is 1. The third-order valence-corrected chi connectivity index (χ3v) is 5.04. The van der Waals surface area contributed by atoms with Crippen molar-refractivity contribution in [1.82, 2.24) is 15.5 Å². The van der Waals surface area contributed by atoms with Gasteiger partial charge in [0.05, 0.1) is 11.6 Å². The molecule has 0 radical (unpaired) electrons. The van der Waals surface area contributed by atoms with Crippen LogP contribution in [0.4, 0.5) is 5.13 Å². The molecule has 2 amide bonds. The molecule has 112 valence electrons. The molecular weight excluding hydrogens is 344 g/mol. The smallest absolute Gasteiger partial charge is 0.263 e. The fraction of sp³-hybridized carbons (Fsp3) is 0.0769. The van der Waals surface area contributed by atoms with Gasteiger partial charge in [-0.05, 0) is 6.07 Å². The van der Waals surface area contributed by atoms with E-state index in [4.69, 9.17) is 11.6 Å². The van der Waals surface area contributed by atoms with Crippen LogP contribution in [0.3, 0.4) is 0 Å². The maximum atomic E-state index is 12.2. The lowest BCUT2D eigenvalue weighted by atomic mass is 10.2. The highest BCUT2D eigenvalue weighted by Crippen LogP contribution is 2.34. The van der Waals surface area contributed by atoms with E-state index in [2.05, 4.69) is 20.8 Å². The van der Waals surface area contributed by atoms with Gasteiger partial charge >= 0.3 is 0 Å². The molecule has 0 aliphatic rings. The van der Waals surface area contributed by atoms with Crippen molar-refractivity contribution in [3.63, 3.8) is 0 Å². The maximum absolute atomic E-state index is 12.2. The summed E-state index contributed by atoms with van der Waals surface area (Å²) in [5, 5.41) is 14.0. The minimum Gasteiger partial charge on any atom is -0.342 e. The Hall–Kier alpha value is -2.03. The van der Waals surface area contributed by atoms with Gasteiger partial charge in [0.1, 0.15) is 10.4 Å². The fourth-order valence-corrected chi connectivity index (χ4v) is 3.69. The van der Waals surface area contributed by atoms with Gasteiger partial charge in [0.15, 0.2) is 0 Å². The van der Waals surface area contributed by atoms with Crippen molar-refractivity contribution in [2.24, 2.45) is 0 Å². The Balaban J connectivity index is 1.66. The van der Waals surface area contributed by atoms with Crippen molar-refractivity contribution < 1.29 is 9.59 Å². The molecular formula is C13H9ClN4O2S2. The molecule has 22 heavy (non-hydrogen) atoms. The van der Waals surface area contributed by atoms with Gasteiger partial charge in [0.2, 0.25) is 11.0 Å². The van der Waals surface area contributed by atoms with Crippen molar-refractivity contribution in [1.29, 1.82) is 0 Å². The second kappa shape index (κ2) is 6.39. The Morgan fingerprint density at radius 3 is 2.82 bits per heavy atom. The van der Waals surface area contributed by atoms with Crippen LogP contribution in [0.5, 0.6) is 0 Å². The average molecular weight is 353 g/mol. The molecule has 2 heterocycles. The maximum Gasteiger partial charge on any atom is 0.263 e. The Bertz CT molecular complexity index is 832. The second-order valence-electron chi connectivity index (χ2n) is 4.22. The van der Waals surface area contributed by atoms with Gasteiger partial charge in [-0.1, -0.05) is 41.1 Å². The highest BCUT2D eigenvalue weighted by molar-refractivity contribution is 7.21. The predicted molar refractivity (Wildman–Crippen MR) is 87.7 cm³/mol. The molecule has 9 heteroatoms. The summed E-state index contributed by atoms with van der Waals surface area (Å²) in [6.45, 7) is -0.164. The number of carbonyl (C=O) groups excluding carboxylic acids is 2. The standard InChI is InChI=1S/C13H9ClN4O2S2/c14-10-7-3-1-2-4-8(7)22-11(10)12(20)15-5-9(19)17-13-18-16-6-21-13/h1-4,6H,5H2,(H,15,20)(H,17,18,19). The minimum absolute atomic E-state index is 0.164. The van der Waals surface area contributed by atoms with E-state index in [0.29, 0.717) is 15.0 Å². The van der Waals surface area contributed by atoms with Crippen molar-refractivity contribution in [3.05, 3.63) is 39.7 Å². The van der Waals surface area contributed by atoms with E-state index in [-0.39, 0.29) is 18.4 Å². The van der Waals surface area contributed by atoms with Crippen LogP contribution >= 0.6 is 34.3 Å². The summed E-state index contributed by atoms with van der Waals surface area (Å²) < 4.78 is 0.927. The topological polar surface area (TPSA) is 84.0 Å². The number of rotatable bonds is 4. The van der Waals surface area contributed by atoms with Crippen LogP contribution in [0, 0.1) is 0 Å². The third-order valence-electron chi connectivity index (χ3n) is 2.76. The van der Waals surface area contributed by atoms with Crippen LogP contribution in [-0.4, -0.2) is 28.6 Å². The molecule has 2 N–H and O–H groups in total. The lowest BCUT2D eigenvalue weighted by molar-refractivity contribution is -0.115. The van der Waals surface area contributed by atoms with Crippen molar-refractivity contribution >= 4 is 61.3 Å². The third kappa shape index (κ3) is 3.08. The molecule has 1 aromatic carbocycles. The summed E-state index contributed by atoms with van der Waals surface area (Å²) in [6, 6.07) is 7.49. The fourth-order valence-electron chi connectivity index (χ4n) is 1.79. The summed E-state index contributed by atoms with van der Waals surface area (Å²) in [4.78, 5) is 24.2. The molecule has 0 saturated carbocycles. The number of fused-ring (bicyclic) bond motifs is 1. The zero-order valence-electron chi connectivity index (χ0n) is 11.0. The molecule has 2 aromatic heterocycles. The highest BCUT2D eigenvalue weighted by atomic mass is 35.5. The molecule has 3 aromatic rings. The van der Waals surface area contributed by atoms with Gasteiger partial charge < -0.3 is 5.32 Å². The molecule has 3 rings (SSSR count). The first-order valence-corrected chi connectivity index (χ1v) is 8.24. The van der Waals surface area contributed by atoms with E-state index in [0.717, 1.165) is 10.1 Å². The summed E-state index contributed by atoms with van der Waals surface area (Å²) in [7, 11) is 0. The van der Waals surface area contributed by atoms with Crippen LogP contribution in [0.1, 0.15) is 9.67 Å². The van der Waals surface area contributed by atoms with Crippen LogP contribution in [0.15, 0.2) is 29.8 Å². The average Bonchev–Trinajstić information content (AvgIpc) is 3.13. The molecule has 0 saturated heterocycles. The van der Waals surface area contributed by atoms with E-state index in [1.807, 2.05) is 24.3 Å². The van der Waals surface area contributed by atoms with Crippen molar-refractivity contribution in [2.75, 3.05) is 11.9 Å². The number of nitrogens with zero attached hydrogens (tertiary/aromatic N) is 2. The lowest BCUT2D eigenvalue weighted by Gasteiger charge is -2.03. The van der Waals surface area contributed by atoms with Crippen molar-refractivity contribution in [3.8, 4) is 0 Å². The zero-order chi connectivity index (χ0) is 15.5. The highest BCUT2D eigenvalue weighted by Gasteiger charge is 2.17. The summed E-state index contributed by atoms with van der Waals surface area (Å²) in [6.07, 6.45) is 0. The normalized spacial score (nSPS) is 10.6. The number of thiophene rings is 1. The molecule has 0 unspecified atom stereocenters. The van der Waals surface area contributed by atoms with E-state index in [1.54, 1.807) is 0 Å². The number of benzene rings is 1. The summed E-state index contributed by atoms with van der Waals surface area (Å²) >= 11 is 8.71. The molecule has 0 spiro atoms. The van der Waals surface area contributed by atoms with E-state index in [1.165, 1.54) is 28.2 Å². The summed E-state index contributed by atoms with van der Waals surface area (Å²) in [5.74, 6) is -0.749. The van der Waals surface area contributed by atoms with Gasteiger partial charge in [-0.2, -0.15) is 0 Å². The summed E-state index contributed by atoms with van der Waals surface area (Å²) in [5.41, 5.74) is 1.51. The quantitative estimate of drug-likeness (QED) is 0.756. The molecule has 0 aliphatic carbocycles. The lowest BCUT2D eigenvalue weighted by Crippen LogP contribution is -2.32. The number of amides is 2. The first-order chi connectivity index (χ1) is 10.6. The molecule has 0 fully saturated rings.